The molecule has 0 aromatic carbocycles. The maximum absolute atomic E-state index is 5.70. The van der Waals surface area contributed by atoms with E-state index in [1.165, 1.54) is 0 Å². The van der Waals surface area contributed by atoms with Crippen molar-refractivity contribution in [1.82, 2.24) is 4.98 Å². The first kappa shape index (κ1) is 12.8. The largest absolute Gasteiger partial charge is 0.473 e. The fraction of sp³-hybridized carbons (Fsp3) is 0.583. The van der Waals surface area contributed by atoms with Crippen LogP contribution in [0.2, 0.25) is 0 Å². The first-order valence-corrected chi connectivity index (χ1v) is 5.69. The molecule has 2 N–H and O–H groups in total. The Morgan fingerprint density at radius 2 is 2.00 bits per heavy atom. The predicted octanol–water partition coefficient (Wildman–Crippen LogP) is 2.25. The molecule has 0 unspecified atom stereocenters. The Morgan fingerprint density at radius 3 is 2.56 bits per heavy atom. The molecule has 1 heterocycles. The van der Waals surface area contributed by atoms with Gasteiger partial charge in [0.25, 0.3) is 0 Å². The van der Waals surface area contributed by atoms with Crippen molar-refractivity contribution in [2.45, 2.75) is 38.9 Å². The molecule has 1 aromatic heterocycles. The smallest absolute Gasteiger partial charge is 0.237 e. The zero-order valence-corrected chi connectivity index (χ0v) is 10.1. The lowest BCUT2D eigenvalue weighted by Gasteiger charge is -2.33. The average molecular weight is 224 g/mol. The van der Waals surface area contributed by atoms with E-state index in [1.807, 2.05) is 13.8 Å². The first-order valence-electron chi connectivity index (χ1n) is 5.69. The standard InChI is InChI=1S/C10H14N2O2.C2H6/c1-13-7-5-8(6-7)14-10-9(11)3-2-4-12-10;1-2/h2-4,7-8H,5-6,11H2,1H3;1-2H3. The number of anilines is 1. The van der Waals surface area contributed by atoms with Crippen molar-refractivity contribution in [2.75, 3.05) is 12.8 Å². The highest BCUT2D eigenvalue weighted by molar-refractivity contribution is 5.47. The molecule has 0 spiro atoms. The molecule has 1 saturated carbocycles. The second-order valence-corrected chi connectivity index (χ2v) is 3.47. The number of nitrogens with zero attached hydrogens (tertiary/aromatic N) is 1. The van der Waals surface area contributed by atoms with Crippen LogP contribution < -0.4 is 10.5 Å². The molecule has 1 fully saturated rings. The lowest BCUT2D eigenvalue weighted by molar-refractivity contribution is -0.0393. The Kier molecular flexibility index (Phi) is 5.05. The van der Waals surface area contributed by atoms with Crippen molar-refractivity contribution in [3.05, 3.63) is 18.3 Å². The van der Waals surface area contributed by atoms with Crippen LogP contribution in [0, 0.1) is 0 Å². The van der Waals surface area contributed by atoms with E-state index >= 15 is 0 Å². The van der Waals surface area contributed by atoms with Crippen LogP contribution in [-0.4, -0.2) is 24.3 Å². The van der Waals surface area contributed by atoms with E-state index in [1.54, 1.807) is 25.4 Å². The molecular weight excluding hydrogens is 204 g/mol. The van der Waals surface area contributed by atoms with Crippen LogP contribution in [-0.2, 0) is 4.74 Å². The maximum Gasteiger partial charge on any atom is 0.237 e. The quantitative estimate of drug-likeness (QED) is 0.855. The molecule has 2 rings (SSSR count). The Hall–Kier alpha value is -1.29. The fourth-order valence-electron chi connectivity index (χ4n) is 1.47. The molecule has 0 radical (unpaired) electrons. The van der Waals surface area contributed by atoms with Gasteiger partial charge in [0, 0.05) is 26.1 Å². The average Bonchev–Trinajstić information content (AvgIpc) is 2.28. The summed E-state index contributed by atoms with van der Waals surface area (Å²) in [6.45, 7) is 4.00. The van der Waals surface area contributed by atoms with Crippen molar-refractivity contribution in [1.29, 1.82) is 0 Å². The summed E-state index contributed by atoms with van der Waals surface area (Å²) in [6, 6.07) is 3.58. The van der Waals surface area contributed by atoms with E-state index in [4.69, 9.17) is 15.2 Å². The van der Waals surface area contributed by atoms with Crippen LogP contribution >= 0.6 is 0 Å². The summed E-state index contributed by atoms with van der Waals surface area (Å²) in [6.07, 6.45) is 4.07. The van der Waals surface area contributed by atoms with Gasteiger partial charge in [0.05, 0.1) is 11.8 Å². The zero-order chi connectivity index (χ0) is 12.0. The van der Waals surface area contributed by atoms with E-state index < -0.39 is 0 Å². The van der Waals surface area contributed by atoms with E-state index in [-0.39, 0.29) is 6.10 Å². The molecule has 1 aliphatic rings. The molecule has 0 atom stereocenters. The topological polar surface area (TPSA) is 57.4 Å². The minimum Gasteiger partial charge on any atom is -0.473 e. The van der Waals surface area contributed by atoms with Crippen molar-refractivity contribution < 1.29 is 9.47 Å². The van der Waals surface area contributed by atoms with Gasteiger partial charge in [-0.3, -0.25) is 0 Å². The molecule has 1 aliphatic carbocycles. The summed E-state index contributed by atoms with van der Waals surface area (Å²) in [4.78, 5) is 4.06. The lowest BCUT2D eigenvalue weighted by Crippen LogP contribution is -2.39. The van der Waals surface area contributed by atoms with Gasteiger partial charge in [0.2, 0.25) is 5.88 Å². The highest BCUT2D eigenvalue weighted by Crippen LogP contribution is 2.28. The van der Waals surface area contributed by atoms with Crippen molar-refractivity contribution in [3.8, 4) is 5.88 Å². The van der Waals surface area contributed by atoms with E-state index in [2.05, 4.69) is 4.98 Å². The fourth-order valence-corrected chi connectivity index (χ4v) is 1.47. The number of ether oxygens (including phenoxy) is 2. The number of pyridine rings is 1. The number of rotatable bonds is 3. The molecule has 1 aromatic rings. The Morgan fingerprint density at radius 1 is 1.31 bits per heavy atom. The number of nitrogens with two attached hydrogens (primary N) is 1. The second-order valence-electron chi connectivity index (χ2n) is 3.47. The van der Waals surface area contributed by atoms with Crippen molar-refractivity contribution in [2.24, 2.45) is 0 Å². The van der Waals surface area contributed by atoms with Crippen LogP contribution in [0.25, 0.3) is 0 Å². The zero-order valence-electron chi connectivity index (χ0n) is 10.1. The van der Waals surface area contributed by atoms with Crippen LogP contribution in [0.5, 0.6) is 5.88 Å². The van der Waals surface area contributed by atoms with Gasteiger partial charge in [0.1, 0.15) is 6.10 Å². The number of hydrogen-bond donors (Lipinski definition) is 1. The Bertz CT molecular complexity index is 312. The van der Waals surface area contributed by atoms with Gasteiger partial charge in [0.15, 0.2) is 0 Å². The maximum atomic E-state index is 5.70. The van der Waals surface area contributed by atoms with Gasteiger partial charge >= 0.3 is 0 Å². The molecule has 0 saturated heterocycles. The van der Waals surface area contributed by atoms with Gasteiger partial charge in [-0.1, -0.05) is 13.8 Å². The van der Waals surface area contributed by atoms with Crippen molar-refractivity contribution in [3.63, 3.8) is 0 Å². The van der Waals surface area contributed by atoms with Crippen LogP contribution in [0.15, 0.2) is 18.3 Å². The summed E-state index contributed by atoms with van der Waals surface area (Å²) in [5.74, 6) is 0.534. The molecule has 0 amide bonds. The molecule has 0 bridgehead atoms. The number of nitrogen functional groups attached to an aromatic ring is 1. The summed E-state index contributed by atoms with van der Waals surface area (Å²) >= 11 is 0. The molecule has 4 nitrogen and oxygen atoms in total. The third kappa shape index (κ3) is 3.10. The number of aromatic nitrogens is 1. The van der Waals surface area contributed by atoms with Gasteiger partial charge in [-0.15, -0.1) is 0 Å². The summed E-state index contributed by atoms with van der Waals surface area (Å²) in [5.41, 5.74) is 6.29. The van der Waals surface area contributed by atoms with Gasteiger partial charge in [-0.2, -0.15) is 0 Å². The van der Waals surface area contributed by atoms with E-state index in [9.17, 15) is 0 Å². The SMILES string of the molecule is CC.COC1CC(Oc2ncccc2N)C1. The van der Waals surface area contributed by atoms with Crippen LogP contribution in [0.4, 0.5) is 5.69 Å². The minimum absolute atomic E-state index is 0.206. The van der Waals surface area contributed by atoms with E-state index in [0.717, 1.165) is 12.8 Å². The van der Waals surface area contributed by atoms with E-state index in [0.29, 0.717) is 17.7 Å². The monoisotopic (exact) mass is 224 g/mol. The molecular formula is C12H20N2O2. The third-order valence-corrected chi connectivity index (χ3v) is 2.46. The molecule has 0 aliphatic heterocycles. The normalized spacial score (nSPS) is 22.7. The minimum atomic E-state index is 0.206. The number of methoxy groups -OCH3 is 1. The highest BCUT2D eigenvalue weighted by Gasteiger charge is 2.31. The van der Waals surface area contributed by atoms with Gasteiger partial charge < -0.3 is 15.2 Å². The summed E-state index contributed by atoms with van der Waals surface area (Å²) in [7, 11) is 1.72. The van der Waals surface area contributed by atoms with Gasteiger partial charge in [-0.25, -0.2) is 4.98 Å². The molecule has 4 heteroatoms. The summed E-state index contributed by atoms with van der Waals surface area (Å²) < 4.78 is 10.7. The summed E-state index contributed by atoms with van der Waals surface area (Å²) in [5, 5.41) is 0. The van der Waals surface area contributed by atoms with Crippen LogP contribution in [0.1, 0.15) is 26.7 Å². The molecule has 16 heavy (non-hydrogen) atoms. The Labute approximate surface area is 96.8 Å². The molecule has 90 valence electrons. The predicted molar refractivity (Wildman–Crippen MR) is 64.4 cm³/mol. The highest BCUT2D eigenvalue weighted by atomic mass is 16.5. The van der Waals surface area contributed by atoms with Crippen LogP contribution in [0.3, 0.4) is 0 Å². The Balaban J connectivity index is 0.000000606. The number of hydrogen-bond acceptors (Lipinski definition) is 4. The van der Waals surface area contributed by atoms with Gasteiger partial charge in [-0.05, 0) is 12.1 Å². The first-order chi connectivity index (χ1) is 7.79. The third-order valence-electron chi connectivity index (χ3n) is 2.46. The lowest BCUT2D eigenvalue weighted by atomic mass is 9.92. The van der Waals surface area contributed by atoms with Crippen molar-refractivity contribution >= 4 is 5.69 Å². The second kappa shape index (κ2) is 6.33.